The van der Waals surface area contributed by atoms with Crippen molar-refractivity contribution in [3.05, 3.63) is 73.9 Å². The number of rotatable bonds is 9. The molecule has 5 saturated heterocycles. The third-order valence-electron chi connectivity index (χ3n) is 12.8. The van der Waals surface area contributed by atoms with Crippen LogP contribution in [-0.4, -0.2) is 110 Å². The van der Waals surface area contributed by atoms with Crippen molar-refractivity contribution in [1.29, 1.82) is 0 Å². The predicted molar refractivity (Wildman–Crippen MR) is 182 cm³/mol. The zero-order chi connectivity index (χ0) is 39.1. The number of cyclic esters (lactones) is 1. The summed E-state index contributed by atoms with van der Waals surface area (Å²) < 4.78 is 47.3. The number of aliphatic hydroxyl groups is 2. The van der Waals surface area contributed by atoms with Crippen LogP contribution in [0.15, 0.2) is 73.9 Å². The van der Waals surface area contributed by atoms with E-state index in [1.54, 1.807) is 6.08 Å². The molecule has 0 aromatic carbocycles. The molecule has 54 heavy (non-hydrogen) atoms. The Morgan fingerprint density at radius 2 is 1.61 bits per heavy atom. The van der Waals surface area contributed by atoms with Gasteiger partial charge < -0.3 is 48.1 Å². The summed E-state index contributed by atoms with van der Waals surface area (Å²) in [7, 11) is 1.15. The van der Waals surface area contributed by atoms with Gasteiger partial charge in [0, 0.05) is 45.3 Å². The maximum absolute atomic E-state index is 14.4. The summed E-state index contributed by atoms with van der Waals surface area (Å²) in [5, 5.41) is 21.2. The summed E-state index contributed by atoms with van der Waals surface area (Å²) >= 11 is 0. The van der Waals surface area contributed by atoms with Crippen molar-refractivity contribution < 1.29 is 72.1 Å². The van der Waals surface area contributed by atoms with Crippen molar-refractivity contribution >= 4 is 29.8 Å². The number of ether oxygens (including phenoxy) is 8. The van der Waals surface area contributed by atoms with E-state index in [0.29, 0.717) is 0 Å². The minimum atomic E-state index is -1.77. The van der Waals surface area contributed by atoms with Gasteiger partial charge in [-0.25, -0.2) is 24.0 Å². The molecule has 15 nitrogen and oxygen atoms in total. The van der Waals surface area contributed by atoms with Crippen LogP contribution in [0.2, 0.25) is 0 Å². The largest absolute Gasteiger partial charge is 0.466 e. The molecule has 2 aliphatic carbocycles. The molecule has 5 aliphatic heterocycles. The Labute approximate surface area is 311 Å². The van der Waals surface area contributed by atoms with Gasteiger partial charge in [0.05, 0.1) is 50.4 Å². The van der Waals surface area contributed by atoms with Crippen molar-refractivity contribution in [2.45, 2.75) is 61.7 Å². The molecule has 0 radical (unpaired) electrons. The first-order valence-corrected chi connectivity index (χ1v) is 17.7. The number of aliphatic hydroxyl groups excluding tert-OH is 2. The molecule has 0 amide bonds. The summed E-state index contributed by atoms with van der Waals surface area (Å²) in [5.74, 6) is -9.64. The third kappa shape index (κ3) is 5.30. The number of esters is 5. The molecule has 0 aromatic heterocycles. The Balaban J connectivity index is 1.17. The van der Waals surface area contributed by atoms with Crippen molar-refractivity contribution in [3.8, 4) is 0 Å². The second kappa shape index (κ2) is 13.1. The first-order chi connectivity index (χ1) is 25.6. The molecule has 13 atom stereocenters. The summed E-state index contributed by atoms with van der Waals surface area (Å²) in [6, 6.07) is 0. The van der Waals surface area contributed by atoms with Crippen LogP contribution in [0.25, 0.3) is 0 Å². The van der Waals surface area contributed by atoms with Crippen LogP contribution >= 0.6 is 0 Å². The highest BCUT2D eigenvalue weighted by Gasteiger charge is 2.74. The molecule has 0 unspecified atom stereocenters. The van der Waals surface area contributed by atoms with Crippen molar-refractivity contribution in [3.63, 3.8) is 0 Å². The molecule has 1 spiro atoms. The summed E-state index contributed by atoms with van der Waals surface area (Å²) in [6.07, 6.45) is -0.676. The van der Waals surface area contributed by atoms with Crippen LogP contribution in [0.1, 0.15) is 25.7 Å². The maximum Gasteiger partial charge on any atom is 0.341 e. The van der Waals surface area contributed by atoms with Gasteiger partial charge in [0.1, 0.15) is 24.9 Å². The fraction of sp³-hybridized carbons (Fsp3) is 0.564. The average molecular weight is 753 g/mol. The standard InChI is InChI=1S/C39H44O15/c1-8-36-12-23(25(19(4)32(43)47-7)29(41)27(36)21(6)33(44)48-15-36)52-35(46)38-11-10-22-28-30-26(20(5)34(45)53-30)24(51-31(42)18(3)14-40)13-37(28,9-2)16-49-39(22,54-38)50-17-38/h8-9,22-30,40-41H,1-6,10-17H2,7H3/t22-,23+,24+,25-,26-,27-,28-,29+,30+,36-,37-,38+,39+/m0/s1. The Bertz CT molecular complexity index is 1780. The normalized spacial score (nSPS) is 43.1. The SMILES string of the molecule is C=C[C@]12CO[C@@]34OC[C@@](C(=O)O[C@@H]5C[C@@]6(C=C)COC(=O)C(=C)[C@H]6[C@H](O)[C@H]5C(=C)C(=O)OC)(CC[C@H]3[C@H]1[C@@H]1OC(=O)C(=C)[C@H]1[C@H](OC(=O)C(=C)CO)C2)O4. The van der Waals surface area contributed by atoms with Gasteiger partial charge in [-0.3, -0.25) is 0 Å². The highest BCUT2D eigenvalue weighted by Crippen LogP contribution is 2.64. The molecular formula is C39H44O15. The van der Waals surface area contributed by atoms with Gasteiger partial charge in [-0.15, -0.1) is 13.2 Å². The average Bonchev–Trinajstić information content (AvgIpc) is 3.63. The molecule has 0 aromatic rings. The first-order valence-electron chi connectivity index (χ1n) is 17.7. The molecule has 7 aliphatic rings. The number of fused-ring (bicyclic) bond motifs is 6. The van der Waals surface area contributed by atoms with Gasteiger partial charge in [-0.1, -0.05) is 38.5 Å². The Morgan fingerprint density at radius 1 is 0.926 bits per heavy atom. The lowest BCUT2D eigenvalue weighted by atomic mass is 9.54. The topological polar surface area (TPSA) is 200 Å². The van der Waals surface area contributed by atoms with Crippen LogP contribution in [0, 0.1) is 40.4 Å². The van der Waals surface area contributed by atoms with Crippen LogP contribution in [0.3, 0.4) is 0 Å². The number of carbonyl (C=O) groups excluding carboxylic acids is 5. The summed E-state index contributed by atoms with van der Waals surface area (Å²) in [5.41, 5.74) is -3.90. The Kier molecular flexibility index (Phi) is 9.20. The lowest BCUT2D eigenvalue weighted by Gasteiger charge is -2.59. The summed E-state index contributed by atoms with van der Waals surface area (Å²) in [4.78, 5) is 65.5. The Hall–Kier alpha value is -4.41. The first kappa shape index (κ1) is 37.9. The lowest BCUT2D eigenvalue weighted by molar-refractivity contribution is -0.428. The smallest absolute Gasteiger partial charge is 0.341 e. The van der Waals surface area contributed by atoms with Crippen molar-refractivity contribution in [2.75, 3.05) is 33.5 Å². The van der Waals surface area contributed by atoms with E-state index in [-0.39, 0.29) is 67.8 Å². The molecule has 290 valence electrons. The van der Waals surface area contributed by atoms with Gasteiger partial charge in [-0.2, -0.15) is 0 Å². The van der Waals surface area contributed by atoms with Crippen LogP contribution < -0.4 is 0 Å². The van der Waals surface area contributed by atoms with E-state index in [2.05, 4.69) is 39.5 Å². The monoisotopic (exact) mass is 752 g/mol. The molecular weight excluding hydrogens is 708 g/mol. The molecule has 15 heteroatoms. The number of carbonyl (C=O) groups is 5. The lowest BCUT2D eigenvalue weighted by Crippen LogP contribution is -2.67. The minimum Gasteiger partial charge on any atom is -0.466 e. The summed E-state index contributed by atoms with van der Waals surface area (Å²) in [6.45, 7) is 22.1. The van der Waals surface area contributed by atoms with Gasteiger partial charge in [0.2, 0.25) is 0 Å². The fourth-order valence-corrected chi connectivity index (χ4v) is 10.0. The van der Waals surface area contributed by atoms with E-state index >= 15 is 0 Å². The van der Waals surface area contributed by atoms with E-state index in [4.69, 9.17) is 37.9 Å². The zero-order valence-electron chi connectivity index (χ0n) is 30.0. The van der Waals surface area contributed by atoms with Crippen molar-refractivity contribution in [2.24, 2.45) is 40.4 Å². The fourth-order valence-electron chi connectivity index (χ4n) is 10.0. The highest BCUT2D eigenvalue weighted by atomic mass is 16.9. The van der Waals surface area contributed by atoms with Gasteiger partial charge in [-0.05, 0) is 25.7 Å². The van der Waals surface area contributed by atoms with E-state index in [0.717, 1.165) is 7.11 Å². The van der Waals surface area contributed by atoms with E-state index < -0.39 is 113 Å². The minimum absolute atomic E-state index is 0.0147. The van der Waals surface area contributed by atoms with Gasteiger partial charge in [0.15, 0.2) is 5.60 Å². The second-order valence-electron chi connectivity index (χ2n) is 15.4. The van der Waals surface area contributed by atoms with Crippen molar-refractivity contribution in [1.82, 2.24) is 0 Å². The molecule has 2 bridgehead atoms. The highest BCUT2D eigenvalue weighted by molar-refractivity contribution is 5.92. The second-order valence-corrected chi connectivity index (χ2v) is 15.4. The quantitative estimate of drug-likeness (QED) is 0.149. The number of methoxy groups -OCH3 is 1. The van der Waals surface area contributed by atoms with Gasteiger partial charge >= 0.3 is 29.8 Å². The maximum atomic E-state index is 14.4. The predicted octanol–water partition coefficient (Wildman–Crippen LogP) is 1.54. The third-order valence-corrected chi connectivity index (χ3v) is 12.8. The van der Waals surface area contributed by atoms with E-state index in [1.165, 1.54) is 6.08 Å². The molecule has 2 N–H and O–H groups in total. The molecule has 7 rings (SSSR count). The zero-order valence-corrected chi connectivity index (χ0v) is 30.0. The van der Waals surface area contributed by atoms with Gasteiger partial charge in [0.25, 0.3) is 5.97 Å². The molecule has 2 saturated carbocycles. The number of hydrogen-bond acceptors (Lipinski definition) is 15. The Morgan fingerprint density at radius 3 is 2.28 bits per heavy atom. The van der Waals surface area contributed by atoms with E-state index in [9.17, 15) is 34.2 Å². The van der Waals surface area contributed by atoms with E-state index in [1.807, 2.05) is 0 Å². The van der Waals surface area contributed by atoms with Crippen LogP contribution in [0.4, 0.5) is 0 Å². The number of hydrogen-bond donors (Lipinski definition) is 2. The molecule has 5 heterocycles. The van der Waals surface area contributed by atoms with Crippen LogP contribution in [0.5, 0.6) is 0 Å². The van der Waals surface area contributed by atoms with Crippen LogP contribution in [-0.2, 0) is 61.9 Å². The molecule has 7 fully saturated rings.